The summed E-state index contributed by atoms with van der Waals surface area (Å²) < 4.78 is 23.1. The van der Waals surface area contributed by atoms with E-state index in [0.29, 0.717) is 17.4 Å². The first-order valence-electron chi connectivity index (χ1n) is 44.4. The molecule has 0 spiro atoms. The van der Waals surface area contributed by atoms with Crippen LogP contribution in [0, 0.1) is 0 Å². The molecular weight excluding hydrogens is 1210 g/mol. The first-order chi connectivity index (χ1) is 48.1. The highest BCUT2D eigenvalue weighted by molar-refractivity contribution is 5.71. The van der Waals surface area contributed by atoms with Crippen molar-refractivity contribution in [2.24, 2.45) is 0 Å². The van der Waals surface area contributed by atoms with E-state index >= 15 is 0 Å². The molecule has 2 unspecified atom stereocenters. The van der Waals surface area contributed by atoms with Crippen molar-refractivity contribution in [2.75, 3.05) is 47.5 Å². The van der Waals surface area contributed by atoms with Gasteiger partial charge in [0, 0.05) is 12.8 Å². The lowest BCUT2D eigenvalue weighted by molar-refractivity contribution is -0.870. The van der Waals surface area contributed by atoms with Gasteiger partial charge in [-0.3, -0.25) is 9.59 Å². The average molecular weight is 1390 g/mol. The number of quaternary nitrogens is 1. The molecule has 98 heavy (non-hydrogen) atoms. The highest BCUT2D eigenvalue weighted by Gasteiger charge is 2.25. The summed E-state index contributed by atoms with van der Waals surface area (Å²) in [5.41, 5.74) is 0. The fourth-order valence-corrected chi connectivity index (χ4v) is 14.0. The van der Waals surface area contributed by atoms with Crippen molar-refractivity contribution in [1.82, 2.24) is 0 Å². The summed E-state index contributed by atoms with van der Waals surface area (Å²) in [5.74, 6) is -1.96. The number of ether oxygens (including phenoxy) is 4. The molecule has 0 aromatic carbocycles. The molecule has 0 radical (unpaired) electrons. The molecule has 9 heteroatoms. The summed E-state index contributed by atoms with van der Waals surface area (Å²) in [6, 6.07) is 0. The van der Waals surface area contributed by atoms with E-state index in [4.69, 9.17) is 18.9 Å². The third-order valence-electron chi connectivity index (χ3n) is 20.8. The number of carbonyl (C=O) groups is 3. The maximum atomic E-state index is 13.0. The fourth-order valence-electron chi connectivity index (χ4n) is 14.0. The van der Waals surface area contributed by atoms with Crippen molar-refractivity contribution >= 4 is 17.9 Å². The largest absolute Gasteiger partial charge is 0.477 e. The molecule has 0 aromatic heterocycles. The highest BCUT2D eigenvalue weighted by Crippen LogP contribution is 2.21. The zero-order chi connectivity index (χ0) is 71.1. The van der Waals surface area contributed by atoms with Gasteiger partial charge in [0.25, 0.3) is 6.29 Å². The van der Waals surface area contributed by atoms with Crippen LogP contribution in [0.25, 0.3) is 0 Å². The van der Waals surface area contributed by atoms with Gasteiger partial charge in [-0.25, -0.2) is 4.79 Å². The number of hydrogen-bond acceptors (Lipinski definition) is 7. The molecule has 582 valence electrons. The van der Waals surface area contributed by atoms with Crippen LogP contribution in [0.5, 0.6) is 0 Å². The van der Waals surface area contributed by atoms with Gasteiger partial charge in [0.2, 0.25) is 0 Å². The second-order valence-electron chi connectivity index (χ2n) is 31.9. The minimum Gasteiger partial charge on any atom is -0.477 e. The van der Waals surface area contributed by atoms with Crippen LogP contribution in [0.3, 0.4) is 0 Å². The van der Waals surface area contributed by atoms with Crippen LogP contribution < -0.4 is 0 Å². The van der Waals surface area contributed by atoms with Gasteiger partial charge in [-0.2, -0.15) is 0 Å². The van der Waals surface area contributed by atoms with E-state index in [1.807, 2.05) is 21.1 Å². The van der Waals surface area contributed by atoms with E-state index in [1.54, 1.807) is 0 Å². The number of esters is 2. The van der Waals surface area contributed by atoms with E-state index in [9.17, 15) is 19.5 Å². The van der Waals surface area contributed by atoms with Crippen molar-refractivity contribution in [2.45, 2.75) is 495 Å². The Bertz CT molecular complexity index is 1610. The van der Waals surface area contributed by atoms with Gasteiger partial charge in [-0.15, -0.1) is 0 Å². The number of carboxylic acids is 1. The van der Waals surface area contributed by atoms with Gasteiger partial charge in [0.15, 0.2) is 6.10 Å². The second-order valence-corrected chi connectivity index (χ2v) is 31.9. The van der Waals surface area contributed by atoms with Crippen LogP contribution in [0.2, 0.25) is 0 Å². The quantitative estimate of drug-likeness (QED) is 0.0211. The van der Waals surface area contributed by atoms with E-state index in [1.165, 1.54) is 417 Å². The van der Waals surface area contributed by atoms with E-state index < -0.39 is 18.4 Å². The summed E-state index contributed by atoms with van der Waals surface area (Å²) in [5, 5.41) is 9.79. The number of likely N-dealkylation sites (N-methyl/N-ethyl adjacent to an activating group) is 1. The van der Waals surface area contributed by atoms with Gasteiger partial charge in [0.1, 0.15) is 13.2 Å². The Balaban J connectivity index is 3.89. The molecule has 0 heterocycles. The van der Waals surface area contributed by atoms with Crippen LogP contribution in [-0.2, 0) is 33.3 Å². The molecule has 2 atom stereocenters. The molecular formula is C89H174NO8+. The lowest BCUT2D eigenvalue weighted by Gasteiger charge is -2.25. The van der Waals surface area contributed by atoms with Gasteiger partial charge in [-0.1, -0.05) is 443 Å². The standard InChI is InChI=1S/C89H173NO8/c1-6-8-10-12-14-16-18-20-22-24-26-28-30-32-34-36-38-40-42-44-46-48-50-52-54-56-58-60-62-64-66-68-70-72-74-76-78-80-87(92)98-85(84-97-89(88(93)94)95-82-81-90(3,4)5)83-96-86(91)79-77-75-73-71-69-67-65-63-61-59-57-55-53-51-49-47-45-43-41-39-37-35-33-31-29-27-25-23-21-19-17-15-13-11-9-7-2/h24,26,85,89H,6-23,25,27-84H2,1-5H3/p+1/b26-24-. The average Bonchev–Trinajstić information content (AvgIpc) is 1.26. The Morgan fingerprint density at radius 3 is 0.755 bits per heavy atom. The number of nitrogens with zero attached hydrogens (tertiary/aromatic N) is 1. The van der Waals surface area contributed by atoms with Crippen molar-refractivity contribution in [1.29, 1.82) is 0 Å². The Hall–Kier alpha value is -1.97. The predicted octanol–water partition coefficient (Wildman–Crippen LogP) is 28.7. The molecule has 0 aromatic rings. The number of carbonyl (C=O) groups excluding carboxylic acids is 2. The minimum atomic E-state index is -1.51. The third kappa shape index (κ3) is 81.3. The Morgan fingerprint density at radius 2 is 0.520 bits per heavy atom. The molecule has 0 aliphatic rings. The molecule has 0 fully saturated rings. The highest BCUT2D eigenvalue weighted by atomic mass is 16.7. The summed E-state index contributed by atoms with van der Waals surface area (Å²) in [7, 11) is 6.01. The van der Waals surface area contributed by atoms with E-state index in [0.717, 1.165) is 38.5 Å². The molecule has 0 rings (SSSR count). The molecule has 0 saturated carbocycles. The van der Waals surface area contributed by atoms with Crippen LogP contribution >= 0.6 is 0 Å². The number of rotatable bonds is 85. The molecule has 0 saturated heterocycles. The fraction of sp³-hybridized carbons (Fsp3) is 0.944. The summed E-state index contributed by atoms with van der Waals surface area (Å²) in [6.07, 6.45) is 99.9. The van der Waals surface area contributed by atoms with Gasteiger partial charge >= 0.3 is 17.9 Å². The maximum Gasteiger partial charge on any atom is 0.361 e. The van der Waals surface area contributed by atoms with E-state index in [2.05, 4.69) is 26.0 Å². The summed E-state index contributed by atoms with van der Waals surface area (Å²) >= 11 is 0. The smallest absolute Gasteiger partial charge is 0.361 e. The third-order valence-corrected chi connectivity index (χ3v) is 20.8. The lowest BCUT2D eigenvalue weighted by Crippen LogP contribution is -2.40. The van der Waals surface area contributed by atoms with Crippen molar-refractivity contribution in [3.8, 4) is 0 Å². The van der Waals surface area contributed by atoms with Gasteiger partial charge in [0.05, 0.1) is 34.4 Å². The number of hydrogen-bond donors (Lipinski definition) is 1. The first kappa shape index (κ1) is 96.0. The molecule has 0 bridgehead atoms. The lowest BCUT2D eigenvalue weighted by atomic mass is 10.0. The normalized spacial score (nSPS) is 12.5. The van der Waals surface area contributed by atoms with Crippen LogP contribution in [0.1, 0.15) is 483 Å². The summed E-state index contributed by atoms with van der Waals surface area (Å²) in [6.45, 7) is 4.98. The molecule has 0 aliphatic heterocycles. The molecule has 1 N–H and O–H groups in total. The number of carboxylic acid groups (broad SMARTS) is 1. The predicted molar refractivity (Wildman–Crippen MR) is 425 cm³/mol. The minimum absolute atomic E-state index is 0.172. The van der Waals surface area contributed by atoms with Crippen molar-refractivity contribution in [3.05, 3.63) is 12.2 Å². The number of aliphatic carboxylic acids is 1. The van der Waals surface area contributed by atoms with Crippen LogP contribution in [0.15, 0.2) is 12.2 Å². The van der Waals surface area contributed by atoms with Gasteiger partial charge < -0.3 is 28.5 Å². The Morgan fingerprint density at radius 1 is 0.296 bits per heavy atom. The van der Waals surface area contributed by atoms with Gasteiger partial charge in [-0.05, 0) is 38.5 Å². The first-order valence-corrected chi connectivity index (χ1v) is 44.4. The SMILES string of the molecule is CCCCCCCCCC/C=C\CCCCCCCCCCCCCCCCCCCCCCCCCCCC(=O)OC(COC(=O)CCCCCCCCCCCCCCCCCCCCCCCCCCCCCCCCCCCCCC)COC(OCC[N+](C)(C)C)C(=O)O. The van der Waals surface area contributed by atoms with Crippen molar-refractivity contribution < 1.29 is 42.9 Å². The zero-order valence-corrected chi connectivity index (χ0v) is 67.0. The monoisotopic (exact) mass is 1390 g/mol. The molecule has 0 amide bonds. The zero-order valence-electron chi connectivity index (χ0n) is 67.0. The summed E-state index contributed by atoms with van der Waals surface area (Å²) in [4.78, 5) is 37.8. The Kier molecular flexibility index (Phi) is 79.1. The van der Waals surface area contributed by atoms with Crippen LogP contribution in [0.4, 0.5) is 0 Å². The topological polar surface area (TPSA) is 108 Å². The van der Waals surface area contributed by atoms with Crippen LogP contribution in [-0.4, -0.2) is 87.4 Å². The number of allylic oxidation sites excluding steroid dienone is 2. The maximum absolute atomic E-state index is 13.0. The molecule has 9 nitrogen and oxygen atoms in total. The van der Waals surface area contributed by atoms with E-state index in [-0.39, 0.29) is 38.2 Å². The second kappa shape index (κ2) is 80.7. The molecule has 0 aliphatic carbocycles. The Labute approximate surface area is 612 Å². The van der Waals surface area contributed by atoms with Crippen molar-refractivity contribution in [3.63, 3.8) is 0 Å². The number of unbranched alkanes of at least 4 members (excludes halogenated alkanes) is 68.